The van der Waals surface area contributed by atoms with Gasteiger partial charge in [0.2, 0.25) is 5.91 Å². The number of benzene rings is 2. The highest BCUT2D eigenvalue weighted by Crippen LogP contribution is 2.44. The van der Waals surface area contributed by atoms with Crippen LogP contribution in [0.25, 0.3) is 11.1 Å². The second kappa shape index (κ2) is 12.0. The van der Waals surface area contributed by atoms with Crippen molar-refractivity contribution in [2.45, 2.75) is 44.8 Å². The molecule has 0 aliphatic heterocycles. The van der Waals surface area contributed by atoms with Gasteiger partial charge >= 0.3 is 18.2 Å². The van der Waals surface area contributed by atoms with Crippen molar-refractivity contribution in [3.8, 4) is 11.1 Å². The molecule has 2 N–H and O–H groups in total. The van der Waals surface area contributed by atoms with Gasteiger partial charge in [0.15, 0.2) is 0 Å². The van der Waals surface area contributed by atoms with Crippen molar-refractivity contribution >= 4 is 24.1 Å². The van der Waals surface area contributed by atoms with Crippen LogP contribution >= 0.6 is 0 Å². The number of fused-ring (bicyclic) bond motifs is 3. The normalized spacial score (nSPS) is 13.1. The molecule has 38 heavy (non-hydrogen) atoms. The summed E-state index contributed by atoms with van der Waals surface area (Å²) in [6.07, 6.45) is -1.89. The molecule has 2 aromatic rings. The molecule has 0 unspecified atom stereocenters. The second-order valence-corrected chi connectivity index (χ2v) is 10.2. The molecule has 0 saturated carbocycles. The van der Waals surface area contributed by atoms with Crippen LogP contribution in [0.3, 0.4) is 0 Å². The van der Waals surface area contributed by atoms with E-state index < -0.39 is 42.1 Å². The summed E-state index contributed by atoms with van der Waals surface area (Å²) in [7, 11) is 2.79. The molecule has 0 fully saturated rings. The first-order valence-electron chi connectivity index (χ1n) is 12.4. The summed E-state index contributed by atoms with van der Waals surface area (Å²) >= 11 is 0. The van der Waals surface area contributed by atoms with E-state index in [1.54, 1.807) is 20.8 Å². The van der Waals surface area contributed by atoms with Gasteiger partial charge in [-0.2, -0.15) is 0 Å². The highest BCUT2D eigenvalue weighted by Gasteiger charge is 2.33. The van der Waals surface area contributed by atoms with Gasteiger partial charge in [-0.15, -0.1) is 0 Å². The van der Waals surface area contributed by atoms with Crippen molar-refractivity contribution < 1.29 is 33.8 Å². The SMILES string of the molecule is CN(CCNC(=O)OC(C)(C)C)C(=O)C[C@@H](C(=O)O)N(C)C(=O)OCC1c2ccccc2-c2ccccc21. The molecule has 1 atom stereocenters. The number of carbonyl (C=O) groups is 4. The first-order valence-corrected chi connectivity index (χ1v) is 12.4. The molecule has 1 aliphatic carbocycles. The summed E-state index contributed by atoms with van der Waals surface area (Å²) in [6, 6.07) is 14.4. The minimum Gasteiger partial charge on any atom is -0.480 e. The fourth-order valence-electron chi connectivity index (χ4n) is 4.30. The number of nitrogens with one attached hydrogen (secondary N) is 1. The largest absolute Gasteiger partial charge is 0.480 e. The fourth-order valence-corrected chi connectivity index (χ4v) is 4.30. The number of amides is 3. The molecular formula is C28H35N3O7. The number of aliphatic carboxylic acids is 1. The van der Waals surface area contributed by atoms with E-state index in [0.717, 1.165) is 27.2 Å². The molecule has 204 valence electrons. The Morgan fingerprint density at radius 1 is 0.974 bits per heavy atom. The first-order chi connectivity index (χ1) is 17.9. The van der Waals surface area contributed by atoms with Crippen LogP contribution in [0.1, 0.15) is 44.2 Å². The van der Waals surface area contributed by atoms with Crippen molar-refractivity contribution in [2.75, 3.05) is 33.8 Å². The lowest BCUT2D eigenvalue weighted by Gasteiger charge is -2.27. The highest BCUT2D eigenvalue weighted by molar-refractivity contribution is 5.87. The molecule has 0 saturated heterocycles. The van der Waals surface area contributed by atoms with E-state index in [1.165, 1.54) is 19.0 Å². The predicted octanol–water partition coefficient (Wildman–Crippen LogP) is 3.69. The second-order valence-electron chi connectivity index (χ2n) is 10.2. The molecule has 2 aromatic carbocycles. The lowest BCUT2D eigenvalue weighted by Crippen LogP contribution is -2.46. The molecule has 0 aromatic heterocycles. The van der Waals surface area contributed by atoms with E-state index in [4.69, 9.17) is 9.47 Å². The number of carbonyl (C=O) groups excluding carboxylic acids is 3. The van der Waals surface area contributed by atoms with Gasteiger partial charge in [0, 0.05) is 33.1 Å². The number of alkyl carbamates (subject to hydrolysis) is 1. The van der Waals surface area contributed by atoms with Crippen LogP contribution < -0.4 is 5.32 Å². The zero-order valence-electron chi connectivity index (χ0n) is 22.4. The van der Waals surface area contributed by atoms with Gasteiger partial charge in [-0.05, 0) is 43.0 Å². The van der Waals surface area contributed by atoms with Crippen LogP contribution in [0.15, 0.2) is 48.5 Å². The van der Waals surface area contributed by atoms with Crippen molar-refractivity contribution in [3.63, 3.8) is 0 Å². The van der Waals surface area contributed by atoms with E-state index in [0.29, 0.717) is 0 Å². The number of hydrogen-bond donors (Lipinski definition) is 2. The van der Waals surface area contributed by atoms with Crippen molar-refractivity contribution in [1.29, 1.82) is 0 Å². The van der Waals surface area contributed by atoms with Gasteiger partial charge in [-0.25, -0.2) is 14.4 Å². The minimum absolute atomic E-state index is 0.0354. The predicted molar refractivity (Wildman–Crippen MR) is 141 cm³/mol. The van der Waals surface area contributed by atoms with Crippen molar-refractivity contribution in [3.05, 3.63) is 59.7 Å². The summed E-state index contributed by atoms with van der Waals surface area (Å²) in [6.45, 7) is 5.51. The summed E-state index contributed by atoms with van der Waals surface area (Å²) in [5.41, 5.74) is 3.59. The maximum absolute atomic E-state index is 12.8. The number of hydrogen-bond acceptors (Lipinski definition) is 6. The van der Waals surface area contributed by atoms with Crippen LogP contribution in [-0.4, -0.2) is 84.4 Å². The third kappa shape index (κ3) is 7.02. The number of carboxylic acid groups (broad SMARTS) is 1. The maximum Gasteiger partial charge on any atom is 0.410 e. The van der Waals surface area contributed by atoms with Gasteiger partial charge in [-0.3, -0.25) is 9.69 Å². The van der Waals surface area contributed by atoms with Gasteiger partial charge in [0.05, 0.1) is 6.42 Å². The lowest BCUT2D eigenvalue weighted by atomic mass is 9.98. The Morgan fingerprint density at radius 2 is 1.53 bits per heavy atom. The molecule has 0 spiro atoms. The Bertz CT molecular complexity index is 1150. The van der Waals surface area contributed by atoms with Crippen LogP contribution in [0.4, 0.5) is 9.59 Å². The van der Waals surface area contributed by atoms with Gasteiger partial charge in [-0.1, -0.05) is 48.5 Å². The zero-order valence-corrected chi connectivity index (χ0v) is 22.4. The fraction of sp³-hybridized carbons (Fsp3) is 0.429. The van der Waals surface area contributed by atoms with Gasteiger partial charge in [0.25, 0.3) is 0 Å². The van der Waals surface area contributed by atoms with Crippen LogP contribution in [-0.2, 0) is 19.1 Å². The van der Waals surface area contributed by atoms with E-state index >= 15 is 0 Å². The topological polar surface area (TPSA) is 125 Å². The molecule has 1 aliphatic rings. The summed E-state index contributed by atoms with van der Waals surface area (Å²) in [4.78, 5) is 51.4. The molecule has 10 heteroatoms. The monoisotopic (exact) mass is 525 g/mol. The molecule has 3 rings (SSSR count). The Balaban J connectivity index is 1.56. The smallest absolute Gasteiger partial charge is 0.410 e. The Morgan fingerprint density at radius 3 is 2.05 bits per heavy atom. The highest BCUT2D eigenvalue weighted by atomic mass is 16.6. The van der Waals surface area contributed by atoms with Crippen LogP contribution in [0, 0.1) is 0 Å². The number of ether oxygens (including phenoxy) is 2. The van der Waals surface area contributed by atoms with E-state index in [2.05, 4.69) is 5.32 Å². The maximum atomic E-state index is 12.8. The molecule has 10 nitrogen and oxygen atoms in total. The average molecular weight is 526 g/mol. The molecule has 0 heterocycles. The van der Waals surface area contributed by atoms with Crippen LogP contribution in [0.5, 0.6) is 0 Å². The standard InChI is InChI=1S/C28H35N3O7/c1-28(2,3)38-26(35)29-14-15-30(4)24(32)16-23(25(33)34)31(5)27(36)37-17-22-20-12-8-6-10-18(20)19-11-7-9-13-21(19)22/h6-13,22-23H,14-17H2,1-5H3,(H,29,35)(H,33,34)/t23-/m0/s1. The average Bonchev–Trinajstić information content (AvgIpc) is 3.17. The molecule has 3 amide bonds. The van der Waals surface area contributed by atoms with Gasteiger partial charge in [0.1, 0.15) is 18.2 Å². The summed E-state index contributed by atoms with van der Waals surface area (Å²) in [5, 5.41) is 12.3. The quantitative estimate of drug-likeness (QED) is 0.511. The molecule has 0 bridgehead atoms. The molecule has 0 radical (unpaired) electrons. The van der Waals surface area contributed by atoms with E-state index in [-0.39, 0.29) is 25.6 Å². The third-order valence-electron chi connectivity index (χ3n) is 6.29. The van der Waals surface area contributed by atoms with Crippen molar-refractivity contribution in [1.82, 2.24) is 15.1 Å². The summed E-state index contributed by atoms with van der Waals surface area (Å²) < 4.78 is 10.7. The molecular weight excluding hydrogens is 490 g/mol. The number of nitrogens with zero attached hydrogens (tertiary/aromatic N) is 2. The van der Waals surface area contributed by atoms with Crippen molar-refractivity contribution in [2.24, 2.45) is 0 Å². The first kappa shape index (κ1) is 28.5. The summed E-state index contributed by atoms with van der Waals surface area (Å²) in [5.74, 6) is -2.00. The lowest BCUT2D eigenvalue weighted by molar-refractivity contribution is -0.146. The number of likely N-dealkylation sites (N-methyl/N-ethyl adjacent to an activating group) is 2. The third-order valence-corrected chi connectivity index (χ3v) is 6.29. The Labute approximate surface area is 222 Å². The van der Waals surface area contributed by atoms with Gasteiger partial charge < -0.3 is 24.8 Å². The van der Waals surface area contributed by atoms with Crippen LogP contribution in [0.2, 0.25) is 0 Å². The van der Waals surface area contributed by atoms with E-state index in [1.807, 2.05) is 48.5 Å². The zero-order chi connectivity index (χ0) is 28.0. The Kier molecular flexibility index (Phi) is 8.98. The Hall–Kier alpha value is -4.08. The number of rotatable bonds is 9. The number of carboxylic acids is 1. The van der Waals surface area contributed by atoms with E-state index in [9.17, 15) is 24.3 Å². The minimum atomic E-state index is -1.42.